The maximum Gasteiger partial charge on any atom is 0.326 e. The molecular weight excluding hydrogens is 296 g/mol. The number of imidazole rings is 1. The number of hydrogen-bond acceptors (Lipinski definition) is 4. The Balaban J connectivity index is 1.73. The predicted molar refractivity (Wildman–Crippen MR) is 73.7 cm³/mol. The van der Waals surface area contributed by atoms with Crippen LogP contribution in [0.1, 0.15) is 0 Å². The minimum atomic E-state index is -4.27. The number of aromatic nitrogens is 2. The average Bonchev–Trinajstić information content (AvgIpc) is 2.76. The van der Waals surface area contributed by atoms with Crippen LogP contribution in [-0.4, -0.2) is 35.7 Å². The molecule has 0 bridgehead atoms. The number of ether oxygens (including phenoxy) is 1. The van der Waals surface area contributed by atoms with Crippen molar-refractivity contribution in [3.8, 4) is 0 Å². The van der Waals surface area contributed by atoms with Gasteiger partial charge in [0.05, 0.1) is 29.1 Å². The molecule has 4 rings (SSSR count). The van der Waals surface area contributed by atoms with Crippen LogP contribution in [0.4, 0.5) is 0 Å². The number of benzene rings is 1. The summed E-state index contributed by atoms with van der Waals surface area (Å²) >= 11 is 0. The van der Waals surface area contributed by atoms with Crippen LogP contribution >= 0.6 is 0 Å². The molecule has 2 N–H and O–H groups in total. The summed E-state index contributed by atoms with van der Waals surface area (Å²) in [4.78, 5) is 14.5. The fourth-order valence-electron chi connectivity index (χ4n) is 3.33. The zero-order chi connectivity index (χ0) is 14.8. The highest BCUT2D eigenvalue weighted by atomic mass is 32.2. The second-order valence-corrected chi connectivity index (χ2v) is 7.15. The van der Waals surface area contributed by atoms with Crippen LogP contribution < -0.4 is 5.69 Å². The van der Waals surface area contributed by atoms with Gasteiger partial charge in [-0.05, 0) is 36.0 Å². The van der Waals surface area contributed by atoms with Crippen molar-refractivity contribution in [2.24, 2.45) is 17.8 Å². The maximum absolute atomic E-state index is 12.0. The van der Waals surface area contributed by atoms with Gasteiger partial charge in [-0.3, -0.25) is 9.12 Å². The summed E-state index contributed by atoms with van der Waals surface area (Å²) in [7, 11) is -4.27. The van der Waals surface area contributed by atoms with Crippen molar-refractivity contribution in [2.75, 3.05) is 13.2 Å². The second-order valence-electron chi connectivity index (χ2n) is 5.72. The Morgan fingerprint density at radius 1 is 1.33 bits per heavy atom. The zero-order valence-corrected chi connectivity index (χ0v) is 11.8. The smallest absolute Gasteiger partial charge is 0.326 e. The number of hydrogen-bond donors (Lipinski definition) is 2. The van der Waals surface area contributed by atoms with E-state index in [-0.39, 0.29) is 10.6 Å². The van der Waals surface area contributed by atoms with Crippen molar-refractivity contribution >= 4 is 21.2 Å². The van der Waals surface area contributed by atoms with Crippen LogP contribution in [-0.2, 0) is 21.4 Å². The van der Waals surface area contributed by atoms with E-state index in [2.05, 4.69) is 4.98 Å². The van der Waals surface area contributed by atoms with Gasteiger partial charge >= 0.3 is 5.69 Å². The lowest BCUT2D eigenvalue weighted by Gasteiger charge is -2.06. The number of fused-ring (bicyclic) bond motifs is 2. The van der Waals surface area contributed by atoms with Gasteiger partial charge in [0.1, 0.15) is 0 Å². The van der Waals surface area contributed by atoms with Gasteiger partial charge in [0.2, 0.25) is 0 Å². The Morgan fingerprint density at radius 2 is 2.05 bits per heavy atom. The summed E-state index contributed by atoms with van der Waals surface area (Å²) in [6.45, 7) is 2.14. The zero-order valence-electron chi connectivity index (χ0n) is 11.0. The third-order valence-corrected chi connectivity index (χ3v) is 5.42. The van der Waals surface area contributed by atoms with Crippen molar-refractivity contribution in [3.05, 3.63) is 28.7 Å². The van der Waals surface area contributed by atoms with Crippen molar-refractivity contribution < 1.29 is 17.7 Å². The van der Waals surface area contributed by atoms with E-state index in [1.54, 1.807) is 10.6 Å². The van der Waals surface area contributed by atoms with E-state index in [1.807, 2.05) is 0 Å². The molecule has 8 heteroatoms. The van der Waals surface area contributed by atoms with E-state index in [9.17, 15) is 13.2 Å². The van der Waals surface area contributed by atoms with Crippen molar-refractivity contribution in [1.82, 2.24) is 9.55 Å². The first-order chi connectivity index (χ1) is 9.95. The number of aromatic amines is 1. The van der Waals surface area contributed by atoms with Gasteiger partial charge in [0, 0.05) is 6.54 Å². The molecule has 2 aliphatic rings. The topological polar surface area (TPSA) is 101 Å². The second kappa shape index (κ2) is 4.19. The maximum atomic E-state index is 12.0. The van der Waals surface area contributed by atoms with E-state index in [4.69, 9.17) is 9.29 Å². The summed E-state index contributed by atoms with van der Waals surface area (Å²) in [5, 5.41) is 0. The SMILES string of the molecule is O=c1[nH]c2cc(S(=O)(=O)O)ccc2n1CC1C2COCC21. The molecule has 21 heavy (non-hydrogen) atoms. The van der Waals surface area contributed by atoms with Crippen LogP contribution in [0.2, 0.25) is 0 Å². The number of H-pyrrole nitrogens is 1. The van der Waals surface area contributed by atoms with E-state index in [0.717, 1.165) is 13.2 Å². The Bertz CT molecular complexity index is 872. The van der Waals surface area contributed by atoms with Gasteiger partial charge in [0.15, 0.2) is 0 Å². The van der Waals surface area contributed by atoms with Crippen molar-refractivity contribution in [3.63, 3.8) is 0 Å². The summed E-state index contributed by atoms with van der Waals surface area (Å²) in [6.07, 6.45) is 0. The molecule has 1 aliphatic carbocycles. The van der Waals surface area contributed by atoms with E-state index in [1.165, 1.54) is 12.1 Å². The molecular formula is C13H14N2O5S. The number of rotatable bonds is 3. The molecule has 0 spiro atoms. The normalized spacial score (nSPS) is 28.0. The molecule has 112 valence electrons. The third-order valence-electron chi connectivity index (χ3n) is 4.57. The van der Waals surface area contributed by atoms with E-state index in [0.29, 0.717) is 35.3 Å². The molecule has 2 unspecified atom stereocenters. The first kappa shape index (κ1) is 13.1. The molecule has 2 atom stereocenters. The fourth-order valence-corrected chi connectivity index (χ4v) is 3.83. The molecule has 2 fully saturated rings. The quantitative estimate of drug-likeness (QED) is 0.802. The summed E-state index contributed by atoms with van der Waals surface area (Å²) in [5.74, 6) is 1.54. The molecule has 0 radical (unpaired) electrons. The standard InChI is InChI=1S/C13H14N2O5S/c16-13-14-11-3-7(21(17,18)19)1-2-12(11)15(13)4-8-9-5-20-6-10(8)9/h1-3,8-10H,4-6H2,(H,14,16)(H,17,18,19). The van der Waals surface area contributed by atoms with Gasteiger partial charge in [0.25, 0.3) is 10.1 Å². The lowest BCUT2D eigenvalue weighted by atomic mass is 10.2. The fraction of sp³-hybridized carbons (Fsp3) is 0.462. The minimum absolute atomic E-state index is 0.222. The van der Waals surface area contributed by atoms with Gasteiger partial charge in [-0.2, -0.15) is 8.42 Å². The summed E-state index contributed by atoms with van der Waals surface area (Å²) in [5.41, 5.74) is 0.804. The minimum Gasteiger partial charge on any atom is -0.381 e. The number of nitrogens with zero attached hydrogens (tertiary/aromatic N) is 1. The van der Waals surface area contributed by atoms with Crippen LogP contribution in [0.25, 0.3) is 11.0 Å². The molecule has 0 amide bonds. The Hall–Kier alpha value is -1.64. The van der Waals surface area contributed by atoms with Gasteiger partial charge in [-0.25, -0.2) is 4.79 Å². The summed E-state index contributed by atoms with van der Waals surface area (Å²) in [6, 6.07) is 4.13. The van der Waals surface area contributed by atoms with Crippen LogP contribution in [0.15, 0.2) is 27.9 Å². The molecule has 7 nitrogen and oxygen atoms in total. The largest absolute Gasteiger partial charge is 0.381 e. The lowest BCUT2D eigenvalue weighted by molar-refractivity contribution is 0.148. The lowest BCUT2D eigenvalue weighted by Crippen LogP contribution is -2.19. The molecule has 2 heterocycles. The Labute approximate surface area is 120 Å². The molecule has 2 aromatic rings. The molecule has 1 aromatic carbocycles. The monoisotopic (exact) mass is 310 g/mol. The Kier molecular flexibility index (Phi) is 2.60. The summed E-state index contributed by atoms with van der Waals surface area (Å²) < 4.78 is 38.3. The van der Waals surface area contributed by atoms with Crippen LogP contribution in [0.5, 0.6) is 0 Å². The first-order valence-electron chi connectivity index (χ1n) is 6.73. The van der Waals surface area contributed by atoms with Gasteiger partial charge in [-0.1, -0.05) is 0 Å². The third kappa shape index (κ3) is 2.02. The van der Waals surface area contributed by atoms with Crippen LogP contribution in [0.3, 0.4) is 0 Å². The highest BCUT2D eigenvalue weighted by molar-refractivity contribution is 7.85. The number of nitrogens with one attached hydrogen (secondary N) is 1. The van der Waals surface area contributed by atoms with E-state index < -0.39 is 10.1 Å². The van der Waals surface area contributed by atoms with Gasteiger partial charge < -0.3 is 9.72 Å². The first-order valence-corrected chi connectivity index (χ1v) is 8.17. The van der Waals surface area contributed by atoms with Crippen molar-refractivity contribution in [1.29, 1.82) is 0 Å². The van der Waals surface area contributed by atoms with Crippen LogP contribution in [0, 0.1) is 17.8 Å². The molecule has 1 saturated carbocycles. The molecule has 1 aliphatic heterocycles. The highest BCUT2D eigenvalue weighted by Crippen LogP contribution is 2.51. The van der Waals surface area contributed by atoms with E-state index >= 15 is 0 Å². The van der Waals surface area contributed by atoms with Crippen molar-refractivity contribution in [2.45, 2.75) is 11.4 Å². The highest BCUT2D eigenvalue weighted by Gasteiger charge is 2.53. The van der Waals surface area contributed by atoms with Gasteiger partial charge in [-0.15, -0.1) is 0 Å². The molecule has 1 saturated heterocycles. The predicted octanol–water partition coefficient (Wildman–Crippen LogP) is 0.469. The Morgan fingerprint density at radius 3 is 2.71 bits per heavy atom. The molecule has 1 aromatic heterocycles. The average molecular weight is 310 g/mol.